The van der Waals surface area contributed by atoms with Crippen molar-refractivity contribution in [1.82, 2.24) is 0 Å². The van der Waals surface area contributed by atoms with E-state index in [-0.39, 0.29) is 11.8 Å². The van der Waals surface area contributed by atoms with E-state index < -0.39 is 0 Å². The van der Waals surface area contributed by atoms with Gasteiger partial charge in [-0.1, -0.05) is 40.9 Å². The number of phenolic OH excluding ortho intramolecular Hbond substituents is 1. The number of benzene rings is 2. The Kier molecular flexibility index (Phi) is 4.46. The fourth-order valence-electron chi connectivity index (χ4n) is 1.79. The van der Waals surface area contributed by atoms with Gasteiger partial charge in [0, 0.05) is 16.1 Å². The molecule has 19 heavy (non-hydrogen) atoms. The third-order valence-electron chi connectivity index (χ3n) is 2.75. The smallest absolute Gasteiger partial charge is 0.117 e. The van der Waals surface area contributed by atoms with Crippen molar-refractivity contribution in [1.29, 1.82) is 0 Å². The zero-order chi connectivity index (χ0) is 14.0. The molecule has 0 aliphatic carbocycles. The van der Waals surface area contributed by atoms with Gasteiger partial charge in [-0.25, -0.2) is 0 Å². The number of rotatable bonds is 3. The van der Waals surface area contributed by atoms with Crippen molar-refractivity contribution in [2.45, 2.75) is 13.0 Å². The molecule has 0 saturated heterocycles. The maximum Gasteiger partial charge on any atom is 0.117 e. The number of anilines is 1. The molecule has 0 saturated carbocycles. The minimum atomic E-state index is -0.0657. The molecule has 100 valence electrons. The Morgan fingerprint density at radius 1 is 1.00 bits per heavy atom. The van der Waals surface area contributed by atoms with Crippen molar-refractivity contribution < 1.29 is 5.11 Å². The van der Waals surface area contributed by atoms with Crippen LogP contribution in [0.4, 0.5) is 5.69 Å². The van der Waals surface area contributed by atoms with Gasteiger partial charge in [0.2, 0.25) is 0 Å². The molecule has 0 radical (unpaired) electrons. The average molecular weight is 317 g/mol. The highest BCUT2D eigenvalue weighted by atomic mass is 35.5. The zero-order valence-electron chi connectivity index (χ0n) is 10.1. The molecule has 0 aliphatic heterocycles. The van der Waals surface area contributed by atoms with E-state index in [9.17, 15) is 5.11 Å². The van der Waals surface area contributed by atoms with Gasteiger partial charge in [-0.05, 0) is 36.8 Å². The second-order valence-corrected chi connectivity index (χ2v) is 5.45. The molecular weight excluding hydrogens is 305 g/mol. The van der Waals surface area contributed by atoms with Crippen LogP contribution in [-0.2, 0) is 0 Å². The van der Waals surface area contributed by atoms with Crippen LogP contribution in [0.25, 0.3) is 0 Å². The highest BCUT2D eigenvalue weighted by Crippen LogP contribution is 2.32. The van der Waals surface area contributed by atoms with Gasteiger partial charge in [0.05, 0.1) is 16.8 Å². The minimum absolute atomic E-state index is 0.0657. The average Bonchev–Trinajstić information content (AvgIpc) is 2.33. The second kappa shape index (κ2) is 5.91. The summed E-state index contributed by atoms with van der Waals surface area (Å²) in [5.74, 6) is 0.154. The number of aromatic hydroxyl groups is 1. The summed E-state index contributed by atoms with van der Waals surface area (Å²) >= 11 is 18.1. The maximum absolute atomic E-state index is 9.47. The lowest BCUT2D eigenvalue weighted by atomic mass is 10.1. The van der Waals surface area contributed by atoms with Crippen molar-refractivity contribution in [2.24, 2.45) is 0 Å². The van der Waals surface area contributed by atoms with E-state index in [2.05, 4.69) is 5.32 Å². The van der Waals surface area contributed by atoms with Crippen LogP contribution in [0.3, 0.4) is 0 Å². The Morgan fingerprint density at radius 3 is 2.42 bits per heavy atom. The van der Waals surface area contributed by atoms with Crippen LogP contribution in [0.1, 0.15) is 18.5 Å². The molecule has 2 nitrogen and oxygen atoms in total. The highest BCUT2D eigenvalue weighted by molar-refractivity contribution is 6.35. The molecule has 0 fully saturated rings. The van der Waals surface area contributed by atoms with Crippen LogP contribution in [-0.4, -0.2) is 5.11 Å². The van der Waals surface area contributed by atoms with E-state index in [1.165, 1.54) is 6.07 Å². The van der Waals surface area contributed by atoms with Crippen LogP contribution in [0.15, 0.2) is 36.4 Å². The van der Waals surface area contributed by atoms with Crippen molar-refractivity contribution in [2.75, 3.05) is 5.32 Å². The van der Waals surface area contributed by atoms with Crippen molar-refractivity contribution in [3.8, 4) is 5.75 Å². The van der Waals surface area contributed by atoms with Crippen molar-refractivity contribution in [3.63, 3.8) is 0 Å². The lowest BCUT2D eigenvalue weighted by Gasteiger charge is -2.18. The monoisotopic (exact) mass is 315 g/mol. The topological polar surface area (TPSA) is 32.3 Å². The summed E-state index contributed by atoms with van der Waals surface area (Å²) in [4.78, 5) is 0. The van der Waals surface area contributed by atoms with Gasteiger partial charge < -0.3 is 10.4 Å². The SMILES string of the molecule is CC(Nc1cc(O)ccc1Cl)c1ccc(Cl)cc1Cl. The summed E-state index contributed by atoms with van der Waals surface area (Å²) in [7, 11) is 0. The number of halogens is 3. The molecule has 2 N–H and O–H groups in total. The second-order valence-electron chi connectivity index (χ2n) is 4.20. The lowest BCUT2D eigenvalue weighted by Crippen LogP contribution is -2.07. The molecule has 2 rings (SSSR count). The van der Waals surface area contributed by atoms with E-state index in [4.69, 9.17) is 34.8 Å². The van der Waals surface area contributed by atoms with Gasteiger partial charge in [0.15, 0.2) is 0 Å². The van der Waals surface area contributed by atoms with Crippen LogP contribution < -0.4 is 5.32 Å². The van der Waals surface area contributed by atoms with Crippen LogP contribution in [0.5, 0.6) is 5.75 Å². The molecule has 0 spiro atoms. The Morgan fingerprint density at radius 2 is 1.74 bits per heavy atom. The van der Waals surface area contributed by atoms with Gasteiger partial charge in [-0.3, -0.25) is 0 Å². The van der Waals surface area contributed by atoms with Crippen LogP contribution in [0.2, 0.25) is 15.1 Å². The Bertz CT molecular complexity index is 601. The normalized spacial score (nSPS) is 12.2. The Balaban J connectivity index is 2.25. The standard InChI is InChI=1S/C14H12Cl3NO/c1-8(11-4-2-9(15)6-13(11)17)18-14-7-10(19)3-5-12(14)16/h2-8,18-19H,1H3. The fraction of sp³-hybridized carbons (Fsp3) is 0.143. The minimum Gasteiger partial charge on any atom is -0.508 e. The first-order valence-electron chi connectivity index (χ1n) is 5.67. The molecule has 0 amide bonds. The van der Waals surface area contributed by atoms with Gasteiger partial charge in [-0.2, -0.15) is 0 Å². The molecule has 5 heteroatoms. The first-order chi connectivity index (χ1) is 8.97. The summed E-state index contributed by atoms with van der Waals surface area (Å²) in [6.07, 6.45) is 0. The van der Waals surface area contributed by atoms with Gasteiger partial charge >= 0.3 is 0 Å². The molecule has 0 bridgehead atoms. The number of nitrogens with one attached hydrogen (secondary N) is 1. The van der Waals surface area contributed by atoms with Crippen LogP contribution in [0, 0.1) is 0 Å². The predicted octanol–water partition coefficient (Wildman–Crippen LogP) is 5.53. The largest absolute Gasteiger partial charge is 0.508 e. The molecular formula is C14H12Cl3NO. The first kappa shape index (κ1) is 14.3. The van der Waals surface area contributed by atoms with E-state index in [1.807, 2.05) is 13.0 Å². The molecule has 2 aromatic rings. The molecule has 1 unspecified atom stereocenters. The van der Waals surface area contributed by atoms with E-state index in [0.29, 0.717) is 20.8 Å². The molecule has 2 aromatic carbocycles. The quantitative estimate of drug-likeness (QED) is 0.780. The number of phenols is 1. The van der Waals surface area contributed by atoms with Gasteiger partial charge in [0.1, 0.15) is 5.75 Å². The predicted molar refractivity (Wildman–Crippen MR) is 81.6 cm³/mol. The lowest BCUT2D eigenvalue weighted by molar-refractivity contribution is 0.475. The third kappa shape index (κ3) is 3.47. The summed E-state index contributed by atoms with van der Waals surface area (Å²) in [5, 5.41) is 14.4. The number of hydrogen-bond donors (Lipinski definition) is 2. The van der Waals surface area contributed by atoms with E-state index in [0.717, 1.165) is 5.56 Å². The zero-order valence-corrected chi connectivity index (χ0v) is 12.4. The first-order valence-corrected chi connectivity index (χ1v) is 6.81. The third-order valence-corrected chi connectivity index (χ3v) is 3.64. The summed E-state index contributed by atoms with van der Waals surface area (Å²) < 4.78 is 0. The van der Waals surface area contributed by atoms with Crippen molar-refractivity contribution >= 4 is 40.5 Å². The van der Waals surface area contributed by atoms with E-state index in [1.54, 1.807) is 24.3 Å². The Hall–Kier alpha value is -1.09. The summed E-state index contributed by atoms with van der Waals surface area (Å²) in [5.41, 5.74) is 1.56. The van der Waals surface area contributed by atoms with Gasteiger partial charge in [0.25, 0.3) is 0 Å². The molecule has 0 aliphatic rings. The van der Waals surface area contributed by atoms with Crippen LogP contribution >= 0.6 is 34.8 Å². The molecule has 0 heterocycles. The fourth-order valence-corrected chi connectivity index (χ4v) is 2.53. The molecule has 1 atom stereocenters. The summed E-state index contributed by atoms with van der Waals surface area (Å²) in [6, 6.07) is 10.0. The van der Waals surface area contributed by atoms with E-state index >= 15 is 0 Å². The highest BCUT2D eigenvalue weighted by Gasteiger charge is 2.12. The molecule has 0 aromatic heterocycles. The summed E-state index contributed by atoms with van der Waals surface area (Å²) in [6.45, 7) is 1.95. The maximum atomic E-state index is 9.47. The van der Waals surface area contributed by atoms with Gasteiger partial charge in [-0.15, -0.1) is 0 Å². The van der Waals surface area contributed by atoms with Crippen molar-refractivity contribution in [3.05, 3.63) is 57.0 Å². The Labute approximate surface area is 126 Å². The number of hydrogen-bond acceptors (Lipinski definition) is 2.